The highest BCUT2D eigenvalue weighted by molar-refractivity contribution is 6.23. The van der Waals surface area contributed by atoms with Gasteiger partial charge in [0.2, 0.25) is 0 Å². The molecule has 0 aromatic rings. The van der Waals surface area contributed by atoms with Gasteiger partial charge in [-0.2, -0.15) is 0 Å². The maximum atomic E-state index is 6.33. The van der Waals surface area contributed by atoms with E-state index in [1.54, 1.807) is 0 Å². The molecule has 2 bridgehead atoms. The van der Waals surface area contributed by atoms with Crippen LogP contribution in [0, 0.1) is 16.7 Å². The first-order valence-corrected chi connectivity index (χ1v) is 5.18. The van der Waals surface area contributed by atoms with Gasteiger partial charge in [0.05, 0.1) is 5.38 Å². The fourth-order valence-corrected chi connectivity index (χ4v) is 3.85. The first-order valence-electron chi connectivity index (χ1n) is 4.74. The molecule has 0 spiro atoms. The third kappa shape index (κ3) is 0.666. The lowest BCUT2D eigenvalue weighted by Gasteiger charge is -2.34. The zero-order valence-electron chi connectivity index (χ0n) is 8.15. The Morgan fingerprint density at radius 1 is 1.42 bits per heavy atom. The van der Waals surface area contributed by atoms with Crippen LogP contribution in [0.1, 0.15) is 33.6 Å². The first kappa shape index (κ1) is 8.62. The Morgan fingerprint density at radius 2 is 2.00 bits per heavy atom. The van der Waals surface area contributed by atoms with E-state index in [4.69, 9.17) is 11.6 Å². The molecule has 3 unspecified atom stereocenters. The summed E-state index contributed by atoms with van der Waals surface area (Å²) >= 11 is 6.33. The van der Waals surface area contributed by atoms with Crippen LogP contribution in [-0.2, 0) is 0 Å². The molecule has 0 heterocycles. The monoisotopic (exact) mass is 184 g/mol. The van der Waals surface area contributed by atoms with Gasteiger partial charge in [0.1, 0.15) is 0 Å². The maximum Gasteiger partial charge on any atom is 0.0581 e. The summed E-state index contributed by atoms with van der Waals surface area (Å²) in [5.74, 6) is 0.664. The Morgan fingerprint density at radius 3 is 2.25 bits per heavy atom. The van der Waals surface area contributed by atoms with E-state index in [1.165, 1.54) is 18.4 Å². The first-order chi connectivity index (χ1) is 5.41. The number of allylic oxidation sites excluding steroid dienone is 1. The van der Waals surface area contributed by atoms with Gasteiger partial charge >= 0.3 is 0 Å². The fourth-order valence-electron chi connectivity index (χ4n) is 3.17. The molecule has 0 nitrogen and oxygen atoms in total. The summed E-state index contributed by atoms with van der Waals surface area (Å²) in [7, 11) is 0. The van der Waals surface area contributed by atoms with Crippen LogP contribution in [0.5, 0.6) is 0 Å². The number of halogens is 1. The summed E-state index contributed by atoms with van der Waals surface area (Å²) in [6.07, 6.45) is 2.57. The van der Waals surface area contributed by atoms with Crippen LogP contribution >= 0.6 is 11.6 Å². The molecular formula is C11H17Cl. The molecule has 0 saturated heterocycles. The molecule has 3 atom stereocenters. The van der Waals surface area contributed by atoms with Crippen LogP contribution in [0.2, 0.25) is 0 Å². The van der Waals surface area contributed by atoms with Gasteiger partial charge in [-0.1, -0.05) is 32.9 Å². The Hall–Kier alpha value is 0.0300. The van der Waals surface area contributed by atoms with Crippen molar-refractivity contribution in [3.05, 3.63) is 12.2 Å². The minimum Gasteiger partial charge on any atom is -0.118 e. The SMILES string of the molecule is C=C1C(Cl)C2CCC1(C)C2(C)C. The van der Waals surface area contributed by atoms with Crippen molar-refractivity contribution in [2.45, 2.75) is 39.0 Å². The smallest absolute Gasteiger partial charge is 0.0581 e. The molecule has 2 aliphatic carbocycles. The zero-order chi connectivity index (χ0) is 9.15. The summed E-state index contributed by atoms with van der Waals surface area (Å²) in [5.41, 5.74) is 1.96. The molecule has 2 fully saturated rings. The summed E-state index contributed by atoms with van der Waals surface area (Å²) in [6.45, 7) is 11.2. The maximum absolute atomic E-state index is 6.33. The largest absolute Gasteiger partial charge is 0.118 e. The van der Waals surface area contributed by atoms with E-state index in [0.29, 0.717) is 16.7 Å². The Kier molecular flexibility index (Phi) is 1.50. The predicted octanol–water partition coefficient (Wildman–Crippen LogP) is 3.61. The van der Waals surface area contributed by atoms with Crippen molar-refractivity contribution in [2.24, 2.45) is 16.7 Å². The van der Waals surface area contributed by atoms with Crippen molar-refractivity contribution in [1.82, 2.24) is 0 Å². The number of hydrogen-bond acceptors (Lipinski definition) is 0. The second-order valence-electron chi connectivity index (χ2n) is 5.13. The average molecular weight is 185 g/mol. The van der Waals surface area contributed by atoms with Crippen LogP contribution in [0.15, 0.2) is 12.2 Å². The van der Waals surface area contributed by atoms with Crippen molar-refractivity contribution < 1.29 is 0 Å². The van der Waals surface area contributed by atoms with E-state index in [0.717, 1.165) is 0 Å². The third-order valence-electron chi connectivity index (χ3n) is 4.70. The van der Waals surface area contributed by atoms with Crippen LogP contribution in [-0.4, -0.2) is 5.38 Å². The van der Waals surface area contributed by atoms with E-state index in [-0.39, 0.29) is 5.38 Å². The topological polar surface area (TPSA) is 0 Å². The van der Waals surface area contributed by atoms with Crippen molar-refractivity contribution in [2.75, 3.05) is 0 Å². The minimum atomic E-state index is 0.235. The highest BCUT2D eigenvalue weighted by Crippen LogP contribution is 2.68. The highest BCUT2D eigenvalue weighted by Gasteiger charge is 2.62. The Balaban J connectivity index is 2.50. The second kappa shape index (κ2) is 2.09. The van der Waals surface area contributed by atoms with Gasteiger partial charge in [0.25, 0.3) is 0 Å². The molecule has 0 N–H and O–H groups in total. The van der Waals surface area contributed by atoms with E-state index < -0.39 is 0 Å². The molecule has 0 radical (unpaired) electrons. The normalized spacial score (nSPS) is 50.2. The zero-order valence-corrected chi connectivity index (χ0v) is 8.91. The summed E-state index contributed by atoms with van der Waals surface area (Å²) in [6, 6.07) is 0. The lowest BCUT2D eigenvalue weighted by atomic mass is 9.69. The number of alkyl halides is 1. The van der Waals surface area contributed by atoms with Crippen LogP contribution < -0.4 is 0 Å². The van der Waals surface area contributed by atoms with Crippen LogP contribution in [0.3, 0.4) is 0 Å². The van der Waals surface area contributed by atoms with Gasteiger partial charge in [-0.05, 0) is 29.6 Å². The lowest BCUT2D eigenvalue weighted by Crippen LogP contribution is -2.27. The molecule has 0 aromatic heterocycles. The molecule has 1 heteroatoms. The molecule has 0 amide bonds. The van der Waals surface area contributed by atoms with E-state index in [2.05, 4.69) is 27.4 Å². The summed E-state index contributed by atoms with van der Waals surface area (Å²) < 4.78 is 0. The van der Waals surface area contributed by atoms with E-state index in [9.17, 15) is 0 Å². The number of fused-ring (bicyclic) bond motifs is 2. The molecule has 2 saturated carbocycles. The van der Waals surface area contributed by atoms with Gasteiger partial charge < -0.3 is 0 Å². The van der Waals surface area contributed by atoms with Gasteiger partial charge in [-0.3, -0.25) is 0 Å². The Labute approximate surface area is 80.0 Å². The van der Waals surface area contributed by atoms with Crippen molar-refractivity contribution in [3.63, 3.8) is 0 Å². The van der Waals surface area contributed by atoms with E-state index >= 15 is 0 Å². The predicted molar refractivity (Wildman–Crippen MR) is 53.4 cm³/mol. The second-order valence-corrected chi connectivity index (χ2v) is 5.60. The fraction of sp³-hybridized carbons (Fsp3) is 0.818. The van der Waals surface area contributed by atoms with E-state index in [1.807, 2.05) is 0 Å². The summed E-state index contributed by atoms with van der Waals surface area (Å²) in [5, 5.41) is 0.235. The van der Waals surface area contributed by atoms with Crippen molar-refractivity contribution >= 4 is 11.6 Å². The summed E-state index contributed by atoms with van der Waals surface area (Å²) in [4.78, 5) is 0. The van der Waals surface area contributed by atoms with Gasteiger partial charge in [-0.25, -0.2) is 0 Å². The quantitative estimate of drug-likeness (QED) is 0.399. The Bertz CT molecular complexity index is 241. The molecule has 0 aromatic carbocycles. The number of hydrogen-bond donors (Lipinski definition) is 0. The minimum absolute atomic E-state index is 0.235. The van der Waals surface area contributed by atoms with Gasteiger partial charge in [0, 0.05) is 0 Å². The average Bonchev–Trinajstić information content (AvgIpc) is 2.26. The molecule has 0 aliphatic heterocycles. The van der Waals surface area contributed by atoms with Gasteiger partial charge in [0.15, 0.2) is 0 Å². The van der Waals surface area contributed by atoms with Crippen LogP contribution in [0.25, 0.3) is 0 Å². The van der Waals surface area contributed by atoms with Gasteiger partial charge in [-0.15, -0.1) is 11.6 Å². The standard InChI is InChI=1S/C11H17Cl/c1-7-9(12)8-5-6-11(7,4)10(8,2)3/h8-9H,1,5-6H2,2-4H3. The number of rotatable bonds is 0. The van der Waals surface area contributed by atoms with Crippen molar-refractivity contribution in [1.29, 1.82) is 0 Å². The highest BCUT2D eigenvalue weighted by atomic mass is 35.5. The molecule has 12 heavy (non-hydrogen) atoms. The van der Waals surface area contributed by atoms with Crippen LogP contribution in [0.4, 0.5) is 0 Å². The molecule has 2 rings (SSSR count). The molecular weight excluding hydrogens is 168 g/mol. The lowest BCUT2D eigenvalue weighted by molar-refractivity contribution is 0.180. The van der Waals surface area contributed by atoms with Crippen molar-refractivity contribution in [3.8, 4) is 0 Å². The molecule has 2 aliphatic rings. The third-order valence-corrected chi connectivity index (χ3v) is 5.27. The molecule has 68 valence electrons.